The van der Waals surface area contributed by atoms with E-state index in [0.29, 0.717) is 12.1 Å². The third kappa shape index (κ3) is 3.22. The molecule has 0 aliphatic rings. The Bertz CT molecular complexity index is 1410. The molecule has 0 unspecified atom stereocenters. The van der Waals surface area contributed by atoms with Crippen molar-refractivity contribution in [2.75, 3.05) is 0 Å². The molecule has 0 radical (unpaired) electrons. The summed E-state index contributed by atoms with van der Waals surface area (Å²) >= 11 is 0. The zero-order valence-electron chi connectivity index (χ0n) is 16.7. The summed E-state index contributed by atoms with van der Waals surface area (Å²) < 4.78 is 2.16. The number of hydrogen-bond acceptors (Lipinski definition) is 2. The van der Waals surface area contributed by atoms with E-state index in [1.54, 1.807) is 6.07 Å². The Morgan fingerprint density at radius 1 is 0.933 bits per heavy atom. The maximum atomic E-state index is 11.5. The number of aromatic nitrogens is 2. The van der Waals surface area contributed by atoms with Gasteiger partial charge in [0.25, 0.3) is 0 Å². The van der Waals surface area contributed by atoms with E-state index in [9.17, 15) is 4.79 Å². The summed E-state index contributed by atoms with van der Waals surface area (Å²) in [6, 6.07) is 26.7. The van der Waals surface area contributed by atoms with Crippen LogP contribution in [0.5, 0.6) is 0 Å². The van der Waals surface area contributed by atoms with Crippen LogP contribution in [-0.2, 0) is 6.54 Å². The van der Waals surface area contributed by atoms with Gasteiger partial charge in [-0.1, -0.05) is 48.5 Å². The van der Waals surface area contributed by atoms with E-state index in [4.69, 9.17) is 5.73 Å². The van der Waals surface area contributed by atoms with Gasteiger partial charge in [0.2, 0.25) is 5.91 Å². The van der Waals surface area contributed by atoms with Crippen molar-refractivity contribution in [2.45, 2.75) is 13.5 Å². The number of rotatable bonds is 4. The maximum absolute atomic E-state index is 11.5. The average Bonchev–Trinajstić information content (AvgIpc) is 3.15. The molecule has 0 atom stereocenters. The number of aryl methyl sites for hydroxylation is 1. The van der Waals surface area contributed by atoms with E-state index in [1.807, 2.05) is 18.5 Å². The lowest BCUT2D eigenvalue weighted by Crippen LogP contribution is -2.10. The maximum Gasteiger partial charge on any atom is 0.248 e. The van der Waals surface area contributed by atoms with Gasteiger partial charge in [-0.2, -0.15) is 0 Å². The molecule has 146 valence electrons. The average molecular weight is 391 g/mol. The lowest BCUT2D eigenvalue weighted by Gasteiger charge is -2.09. The summed E-state index contributed by atoms with van der Waals surface area (Å²) in [7, 11) is 0. The van der Waals surface area contributed by atoms with Crippen LogP contribution in [-0.4, -0.2) is 15.5 Å². The Hall–Kier alpha value is -3.92. The fourth-order valence-electron chi connectivity index (χ4n) is 3.99. The van der Waals surface area contributed by atoms with Crippen LogP contribution in [0.25, 0.3) is 32.9 Å². The summed E-state index contributed by atoms with van der Waals surface area (Å²) in [5, 5.41) is 2.09. The van der Waals surface area contributed by atoms with Crippen LogP contribution in [0, 0.1) is 6.92 Å². The molecule has 1 heterocycles. The van der Waals surface area contributed by atoms with Crippen molar-refractivity contribution in [3.63, 3.8) is 0 Å². The summed E-state index contributed by atoms with van der Waals surface area (Å²) in [5.74, 6) is -0.411. The predicted octanol–water partition coefficient (Wildman–Crippen LogP) is 5.31. The minimum atomic E-state index is -0.411. The van der Waals surface area contributed by atoms with Crippen LogP contribution in [0.15, 0.2) is 85.2 Å². The normalized spacial score (nSPS) is 11.2. The number of carbonyl (C=O) groups excluding carboxylic acids is 1. The van der Waals surface area contributed by atoms with E-state index in [2.05, 4.69) is 77.1 Å². The Kier molecular flexibility index (Phi) is 4.32. The molecule has 4 aromatic carbocycles. The predicted molar refractivity (Wildman–Crippen MR) is 121 cm³/mol. The molecule has 5 aromatic rings. The monoisotopic (exact) mass is 391 g/mol. The van der Waals surface area contributed by atoms with Crippen LogP contribution < -0.4 is 5.73 Å². The van der Waals surface area contributed by atoms with Crippen molar-refractivity contribution < 1.29 is 4.79 Å². The fourth-order valence-corrected chi connectivity index (χ4v) is 3.99. The number of nitrogens with two attached hydrogens (primary N) is 1. The van der Waals surface area contributed by atoms with Crippen LogP contribution in [0.1, 0.15) is 21.5 Å². The number of carbonyl (C=O) groups is 1. The standard InChI is InChI=1S/C26H21N3O/c1-17-4-2-3-5-23(17)20-10-11-24-25(14-20)29(16-28-24)15-18-6-7-19-8-9-21(26(27)30)13-22(19)12-18/h2-14,16H,15H2,1H3,(H2,27,30). The molecule has 0 bridgehead atoms. The molecule has 1 amide bonds. The molecule has 4 nitrogen and oxygen atoms in total. The van der Waals surface area contributed by atoms with Crippen molar-refractivity contribution >= 4 is 27.7 Å². The van der Waals surface area contributed by atoms with E-state index >= 15 is 0 Å². The number of amides is 1. The molecule has 0 fully saturated rings. The Labute approximate surface area is 174 Å². The summed E-state index contributed by atoms with van der Waals surface area (Å²) in [4.78, 5) is 16.1. The number of fused-ring (bicyclic) bond motifs is 2. The number of primary amides is 1. The van der Waals surface area contributed by atoms with Gasteiger partial charge < -0.3 is 10.3 Å². The first-order chi connectivity index (χ1) is 14.6. The second-order valence-electron chi connectivity index (χ2n) is 7.65. The van der Waals surface area contributed by atoms with Crippen molar-refractivity contribution in [3.05, 3.63) is 102 Å². The van der Waals surface area contributed by atoms with Crippen LogP contribution in [0.3, 0.4) is 0 Å². The lowest BCUT2D eigenvalue weighted by molar-refractivity contribution is 0.100. The van der Waals surface area contributed by atoms with Crippen molar-refractivity contribution in [1.29, 1.82) is 0 Å². The molecule has 30 heavy (non-hydrogen) atoms. The van der Waals surface area contributed by atoms with E-state index < -0.39 is 5.91 Å². The summed E-state index contributed by atoms with van der Waals surface area (Å²) in [6.07, 6.45) is 1.89. The zero-order chi connectivity index (χ0) is 20.7. The van der Waals surface area contributed by atoms with Gasteiger partial charge in [0.15, 0.2) is 0 Å². The second-order valence-corrected chi connectivity index (χ2v) is 7.65. The third-order valence-electron chi connectivity index (χ3n) is 5.62. The van der Waals surface area contributed by atoms with E-state index in [-0.39, 0.29) is 0 Å². The number of nitrogens with zero attached hydrogens (tertiary/aromatic N) is 2. The molecule has 5 rings (SSSR count). The van der Waals surface area contributed by atoms with E-state index in [0.717, 1.165) is 27.4 Å². The highest BCUT2D eigenvalue weighted by Crippen LogP contribution is 2.27. The van der Waals surface area contributed by atoms with Gasteiger partial charge in [-0.3, -0.25) is 4.79 Å². The lowest BCUT2D eigenvalue weighted by atomic mass is 10.0. The highest BCUT2D eigenvalue weighted by molar-refractivity contribution is 5.97. The Balaban J connectivity index is 1.54. The molecule has 0 aliphatic heterocycles. The molecular weight excluding hydrogens is 370 g/mol. The minimum absolute atomic E-state index is 0.411. The smallest absolute Gasteiger partial charge is 0.248 e. The van der Waals surface area contributed by atoms with Crippen LogP contribution in [0.2, 0.25) is 0 Å². The first kappa shape index (κ1) is 18.1. The van der Waals surface area contributed by atoms with Gasteiger partial charge >= 0.3 is 0 Å². The van der Waals surface area contributed by atoms with Gasteiger partial charge in [0.05, 0.1) is 17.4 Å². The van der Waals surface area contributed by atoms with Crippen molar-refractivity contribution in [2.24, 2.45) is 5.73 Å². The number of imidazole rings is 1. The quantitative estimate of drug-likeness (QED) is 0.451. The van der Waals surface area contributed by atoms with E-state index in [1.165, 1.54) is 16.7 Å². The largest absolute Gasteiger partial charge is 0.366 e. The van der Waals surface area contributed by atoms with Crippen LogP contribution >= 0.6 is 0 Å². The van der Waals surface area contributed by atoms with Crippen molar-refractivity contribution in [1.82, 2.24) is 9.55 Å². The van der Waals surface area contributed by atoms with Gasteiger partial charge in [-0.05, 0) is 70.3 Å². The second kappa shape index (κ2) is 7.16. The highest BCUT2D eigenvalue weighted by Gasteiger charge is 2.08. The Morgan fingerprint density at radius 3 is 2.60 bits per heavy atom. The molecule has 2 N–H and O–H groups in total. The zero-order valence-corrected chi connectivity index (χ0v) is 16.7. The van der Waals surface area contributed by atoms with Crippen molar-refractivity contribution in [3.8, 4) is 11.1 Å². The SMILES string of the molecule is Cc1ccccc1-c1ccc2ncn(Cc3ccc4ccc(C(N)=O)cc4c3)c2c1. The molecule has 0 aliphatic carbocycles. The van der Waals surface area contributed by atoms with Gasteiger partial charge in [-0.25, -0.2) is 4.98 Å². The van der Waals surface area contributed by atoms with Gasteiger partial charge in [-0.15, -0.1) is 0 Å². The topological polar surface area (TPSA) is 60.9 Å². The number of hydrogen-bond donors (Lipinski definition) is 1. The molecule has 0 saturated carbocycles. The molecule has 4 heteroatoms. The minimum Gasteiger partial charge on any atom is -0.366 e. The molecule has 1 aromatic heterocycles. The Morgan fingerprint density at radius 2 is 1.77 bits per heavy atom. The molecule has 0 saturated heterocycles. The van der Waals surface area contributed by atoms with Crippen LogP contribution in [0.4, 0.5) is 0 Å². The number of benzene rings is 4. The van der Waals surface area contributed by atoms with Gasteiger partial charge in [0.1, 0.15) is 0 Å². The summed E-state index contributed by atoms with van der Waals surface area (Å²) in [5.41, 5.74) is 12.9. The molecular formula is C26H21N3O. The highest BCUT2D eigenvalue weighted by atomic mass is 16.1. The first-order valence-corrected chi connectivity index (χ1v) is 9.92. The summed E-state index contributed by atoms with van der Waals surface area (Å²) in [6.45, 7) is 2.83. The van der Waals surface area contributed by atoms with Gasteiger partial charge in [0, 0.05) is 12.1 Å². The molecule has 0 spiro atoms. The first-order valence-electron chi connectivity index (χ1n) is 9.92. The fraction of sp³-hybridized carbons (Fsp3) is 0.0769. The third-order valence-corrected chi connectivity index (χ3v) is 5.62.